The molecule has 0 saturated carbocycles. The molecule has 2 heterocycles. The fourth-order valence-corrected chi connectivity index (χ4v) is 3.85. The monoisotopic (exact) mass is 287 g/mol. The summed E-state index contributed by atoms with van der Waals surface area (Å²) in [6.45, 7) is 2.34. The van der Waals surface area contributed by atoms with Crippen LogP contribution in [0.3, 0.4) is 0 Å². The van der Waals surface area contributed by atoms with Gasteiger partial charge in [-0.05, 0) is 37.2 Å². The van der Waals surface area contributed by atoms with E-state index in [1.807, 2.05) is 0 Å². The molecule has 1 aromatic carbocycles. The summed E-state index contributed by atoms with van der Waals surface area (Å²) < 4.78 is 0. The molecule has 2 saturated heterocycles. The minimum Gasteiger partial charge on any atom is -0.304 e. The topological polar surface area (TPSA) is 12.0 Å². The van der Waals surface area contributed by atoms with Gasteiger partial charge in [0, 0.05) is 11.6 Å². The van der Waals surface area contributed by atoms with Gasteiger partial charge < -0.3 is 5.32 Å². The van der Waals surface area contributed by atoms with Crippen LogP contribution < -0.4 is 5.32 Å². The maximum Gasteiger partial charge on any atom is 0.0465 e. The van der Waals surface area contributed by atoms with Crippen LogP contribution in [0.4, 0.5) is 0 Å². The Hall–Kier alpha value is -0.240. The van der Waals surface area contributed by atoms with E-state index in [4.69, 9.17) is 0 Å². The Balaban J connectivity index is 0.000000810. The van der Waals surface area contributed by atoms with Gasteiger partial charge in [-0.1, -0.05) is 43.7 Å². The molecule has 0 radical (unpaired) electrons. The van der Waals surface area contributed by atoms with Gasteiger partial charge in [0.15, 0.2) is 0 Å². The van der Waals surface area contributed by atoms with E-state index in [9.17, 15) is 0 Å². The summed E-state index contributed by atoms with van der Waals surface area (Å²) in [5.41, 5.74) is 1.82. The average molecular weight is 288 g/mol. The summed E-state index contributed by atoms with van der Waals surface area (Å²) in [5, 5.41) is 3.92. The van der Waals surface area contributed by atoms with E-state index in [1.54, 1.807) is 0 Å². The fourth-order valence-electron chi connectivity index (χ4n) is 3.85. The highest BCUT2D eigenvalue weighted by atomic mass is 35.5. The van der Waals surface area contributed by atoms with Gasteiger partial charge in [0.1, 0.15) is 0 Å². The Morgan fingerprint density at radius 2 is 1.83 bits per heavy atom. The summed E-state index contributed by atoms with van der Waals surface area (Å²) in [6, 6.07) is 11.9. The van der Waals surface area contributed by atoms with E-state index in [1.165, 1.54) is 37.7 Å². The fraction of sp³-hybridized carbons (Fsp3) is 0.600. The lowest BCUT2D eigenvalue weighted by molar-refractivity contribution is 0.169. The van der Waals surface area contributed by atoms with Crippen LogP contribution in [0, 0.1) is 5.92 Å². The molecule has 0 aromatic heterocycles. The molecule has 0 amide bonds. The predicted octanol–water partition coefficient (Wildman–Crippen LogP) is 4.30. The van der Waals surface area contributed by atoms with Gasteiger partial charge in [0.05, 0.1) is 0 Å². The zero-order valence-corrected chi connectivity index (χ0v) is 12.5. The highest BCUT2D eigenvalue weighted by Gasteiger charge is 2.47. The van der Waals surface area contributed by atoms with Crippen LogP contribution in [-0.2, 0) is 5.54 Å². The van der Waals surface area contributed by atoms with Crippen molar-refractivity contribution in [2.24, 2.45) is 5.92 Å². The van der Waals surface area contributed by atoms with Gasteiger partial charge in [0.2, 0.25) is 0 Å². The molecule has 2 aliphatic rings. The number of halogens is 2. The molecule has 1 nitrogen and oxygen atoms in total. The standard InChI is InChI=1S/C15H21N.2ClH/c1-2-12-8-9-14-10-11-15(12,16-14)13-6-4-3-5-7-13;;/h3-7,12,14,16H,2,8-11H2,1H3;2*1H. The Kier molecular flexibility index (Phi) is 5.51. The lowest BCUT2D eigenvalue weighted by atomic mass is 9.73. The van der Waals surface area contributed by atoms with E-state index in [0.29, 0.717) is 5.54 Å². The SMILES string of the molecule is CCC1CCC2CCC1(c1ccccc1)N2.Cl.Cl. The Labute approximate surface area is 123 Å². The molecule has 1 N–H and O–H groups in total. The molecule has 18 heavy (non-hydrogen) atoms. The van der Waals surface area contributed by atoms with Gasteiger partial charge >= 0.3 is 0 Å². The zero-order chi connectivity index (χ0) is 11.0. The van der Waals surface area contributed by atoms with Crippen molar-refractivity contribution in [1.29, 1.82) is 0 Å². The summed E-state index contributed by atoms with van der Waals surface area (Å²) in [6.07, 6.45) is 6.79. The highest BCUT2D eigenvalue weighted by Crippen LogP contribution is 2.47. The molecule has 3 heteroatoms. The van der Waals surface area contributed by atoms with Gasteiger partial charge in [-0.25, -0.2) is 0 Å². The lowest BCUT2D eigenvalue weighted by Crippen LogP contribution is -2.50. The van der Waals surface area contributed by atoms with Gasteiger partial charge in [-0.2, -0.15) is 0 Å². The van der Waals surface area contributed by atoms with Crippen LogP contribution >= 0.6 is 24.8 Å². The van der Waals surface area contributed by atoms with Crippen molar-refractivity contribution >= 4 is 24.8 Å². The van der Waals surface area contributed by atoms with Crippen molar-refractivity contribution in [1.82, 2.24) is 5.32 Å². The van der Waals surface area contributed by atoms with Crippen LogP contribution in [-0.4, -0.2) is 6.04 Å². The van der Waals surface area contributed by atoms with E-state index < -0.39 is 0 Å². The van der Waals surface area contributed by atoms with Crippen molar-refractivity contribution in [3.05, 3.63) is 35.9 Å². The lowest BCUT2D eigenvalue weighted by Gasteiger charge is -2.42. The summed E-state index contributed by atoms with van der Waals surface area (Å²) in [4.78, 5) is 0. The molecule has 2 bridgehead atoms. The number of rotatable bonds is 2. The number of hydrogen-bond donors (Lipinski definition) is 1. The maximum atomic E-state index is 3.92. The second kappa shape index (κ2) is 6.27. The van der Waals surface area contributed by atoms with Crippen molar-refractivity contribution in [3.8, 4) is 0 Å². The van der Waals surface area contributed by atoms with Crippen molar-refractivity contribution in [3.63, 3.8) is 0 Å². The molecule has 102 valence electrons. The van der Waals surface area contributed by atoms with Crippen molar-refractivity contribution in [2.45, 2.75) is 50.6 Å². The second-order valence-electron chi connectivity index (χ2n) is 5.40. The van der Waals surface area contributed by atoms with E-state index >= 15 is 0 Å². The van der Waals surface area contributed by atoms with E-state index in [0.717, 1.165) is 12.0 Å². The molecule has 2 aliphatic heterocycles. The van der Waals surface area contributed by atoms with Gasteiger partial charge in [-0.15, -0.1) is 24.8 Å². The first-order valence-corrected chi connectivity index (χ1v) is 6.68. The minimum atomic E-state index is 0. The minimum absolute atomic E-state index is 0. The number of hydrogen-bond acceptors (Lipinski definition) is 1. The number of piperidine rings is 1. The predicted molar refractivity (Wildman–Crippen MR) is 81.8 cm³/mol. The van der Waals surface area contributed by atoms with Crippen molar-refractivity contribution < 1.29 is 0 Å². The first kappa shape index (κ1) is 15.8. The third kappa shape index (κ3) is 2.41. The highest BCUT2D eigenvalue weighted by molar-refractivity contribution is 5.85. The Morgan fingerprint density at radius 1 is 1.11 bits per heavy atom. The zero-order valence-electron chi connectivity index (χ0n) is 10.9. The first-order chi connectivity index (χ1) is 7.85. The van der Waals surface area contributed by atoms with Crippen molar-refractivity contribution in [2.75, 3.05) is 0 Å². The van der Waals surface area contributed by atoms with Crippen LogP contribution in [0.5, 0.6) is 0 Å². The molecular weight excluding hydrogens is 265 g/mol. The normalized spacial score (nSPS) is 33.4. The Morgan fingerprint density at radius 3 is 2.50 bits per heavy atom. The number of nitrogens with one attached hydrogen (secondary N) is 1. The quantitative estimate of drug-likeness (QED) is 0.855. The second-order valence-corrected chi connectivity index (χ2v) is 5.40. The molecule has 3 atom stereocenters. The molecule has 0 spiro atoms. The average Bonchev–Trinajstić information content (AvgIpc) is 2.70. The molecule has 0 aliphatic carbocycles. The molecule has 3 unspecified atom stereocenters. The third-order valence-corrected chi connectivity index (χ3v) is 4.69. The largest absolute Gasteiger partial charge is 0.304 e. The summed E-state index contributed by atoms with van der Waals surface area (Å²) >= 11 is 0. The molecular formula is C15H23Cl2N. The van der Waals surface area contributed by atoms with E-state index in [-0.39, 0.29) is 24.8 Å². The Bertz CT molecular complexity index is 368. The van der Waals surface area contributed by atoms with Crippen LogP contribution in [0.15, 0.2) is 30.3 Å². The summed E-state index contributed by atoms with van der Waals surface area (Å²) in [5.74, 6) is 0.827. The number of fused-ring (bicyclic) bond motifs is 2. The van der Waals surface area contributed by atoms with Gasteiger partial charge in [0.25, 0.3) is 0 Å². The smallest absolute Gasteiger partial charge is 0.0465 e. The third-order valence-electron chi connectivity index (χ3n) is 4.69. The first-order valence-electron chi connectivity index (χ1n) is 6.68. The molecule has 2 fully saturated rings. The van der Waals surface area contributed by atoms with E-state index in [2.05, 4.69) is 42.6 Å². The molecule has 3 rings (SSSR count). The van der Waals surface area contributed by atoms with Crippen LogP contribution in [0.25, 0.3) is 0 Å². The molecule has 1 aromatic rings. The van der Waals surface area contributed by atoms with Crippen LogP contribution in [0.2, 0.25) is 0 Å². The van der Waals surface area contributed by atoms with Gasteiger partial charge in [-0.3, -0.25) is 0 Å². The van der Waals surface area contributed by atoms with Crippen LogP contribution in [0.1, 0.15) is 44.6 Å². The number of benzene rings is 1. The maximum absolute atomic E-state index is 3.92. The summed E-state index contributed by atoms with van der Waals surface area (Å²) in [7, 11) is 0.